The predicted molar refractivity (Wildman–Crippen MR) is 79.8 cm³/mol. The fourth-order valence-corrected chi connectivity index (χ4v) is 2.02. The Morgan fingerprint density at radius 2 is 2.05 bits per heavy atom. The van der Waals surface area contributed by atoms with E-state index in [1.807, 2.05) is 36.5 Å². The average molecular weight is 266 g/mol. The number of nitrogens with zero attached hydrogens (tertiary/aromatic N) is 2. The summed E-state index contributed by atoms with van der Waals surface area (Å²) >= 11 is 0. The van der Waals surface area contributed by atoms with Crippen molar-refractivity contribution in [2.24, 2.45) is 0 Å². The van der Waals surface area contributed by atoms with Gasteiger partial charge in [-0.05, 0) is 36.9 Å². The molecule has 102 valence electrons. The molecule has 0 unspecified atom stereocenters. The zero-order chi connectivity index (χ0) is 14.2. The van der Waals surface area contributed by atoms with Crippen LogP contribution in [0.1, 0.15) is 16.8 Å². The van der Waals surface area contributed by atoms with E-state index in [2.05, 4.69) is 40.9 Å². The zero-order valence-corrected chi connectivity index (χ0v) is 11.6. The first kappa shape index (κ1) is 14.3. The highest BCUT2D eigenvalue weighted by atomic mass is 16.2. The number of aromatic nitrogens is 1. The molecule has 1 heterocycles. The molecular weight excluding hydrogens is 248 g/mol. The third kappa shape index (κ3) is 4.51. The molecule has 0 bridgehead atoms. The van der Waals surface area contributed by atoms with Gasteiger partial charge in [-0.2, -0.15) is 0 Å². The van der Waals surface area contributed by atoms with E-state index in [4.69, 9.17) is 5.11 Å². The topological polar surface area (TPSA) is 36.4 Å². The van der Waals surface area contributed by atoms with Gasteiger partial charge < -0.3 is 5.11 Å². The lowest BCUT2D eigenvalue weighted by atomic mass is 10.1. The van der Waals surface area contributed by atoms with Gasteiger partial charge in [0.2, 0.25) is 0 Å². The monoisotopic (exact) mass is 266 g/mol. The van der Waals surface area contributed by atoms with Crippen LogP contribution in [0.4, 0.5) is 0 Å². The largest absolute Gasteiger partial charge is 0.384 e. The van der Waals surface area contributed by atoms with Crippen molar-refractivity contribution in [1.82, 2.24) is 9.88 Å². The third-order valence-electron chi connectivity index (χ3n) is 2.85. The van der Waals surface area contributed by atoms with Gasteiger partial charge in [0, 0.05) is 24.8 Å². The minimum absolute atomic E-state index is 0.107. The van der Waals surface area contributed by atoms with Crippen LogP contribution in [0.3, 0.4) is 0 Å². The summed E-state index contributed by atoms with van der Waals surface area (Å²) in [5.41, 5.74) is 3.20. The average Bonchev–Trinajstić information content (AvgIpc) is 2.46. The van der Waals surface area contributed by atoms with Crippen molar-refractivity contribution in [1.29, 1.82) is 0 Å². The van der Waals surface area contributed by atoms with Crippen LogP contribution in [0.5, 0.6) is 0 Å². The minimum atomic E-state index is -0.107. The molecule has 0 aliphatic rings. The summed E-state index contributed by atoms with van der Waals surface area (Å²) in [6.07, 6.45) is 1.81. The fraction of sp³-hybridized carbons (Fsp3) is 0.235. The van der Waals surface area contributed by atoms with E-state index in [9.17, 15) is 0 Å². The number of aliphatic hydroxyl groups excluding tert-OH is 1. The molecule has 0 atom stereocenters. The maximum atomic E-state index is 8.72. The lowest BCUT2D eigenvalue weighted by Gasteiger charge is -2.16. The molecule has 0 saturated heterocycles. The van der Waals surface area contributed by atoms with Gasteiger partial charge in [0.05, 0.1) is 5.69 Å². The van der Waals surface area contributed by atoms with Crippen molar-refractivity contribution in [2.45, 2.75) is 13.1 Å². The van der Waals surface area contributed by atoms with Crippen LogP contribution in [0.15, 0.2) is 48.7 Å². The smallest absolute Gasteiger partial charge is 0.104 e. The second-order valence-corrected chi connectivity index (χ2v) is 4.65. The molecule has 0 radical (unpaired) electrons. The van der Waals surface area contributed by atoms with Crippen LogP contribution >= 0.6 is 0 Å². The molecule has 0 spiro atoms. The van der Waals surface area contributed by atoms with Crippen molar-refractivity contribution in [2.75, 3.05) is 13.7 Å². The Labute approximate surface area is 119 Å². The third-order valence-corrected chi connectivity index (χ3v) is 2.85. The highest BCUT2D eigenvalue weighted by molar-refractivity contribution is 5.37. The van der Waals surface area contributed by atoms with Gasteiger partial charge in [0.1, 0.15) is 6.61 Å². The molecule has 0 amide bonds. The van der Waals surface area contributed by atoms with Crippen LogP contribution in [0.25, 0.3) is 0 Å². The molecule has 0 aliphatic heterocycles. The number of rotatable bonds is 4. The molecule has 20 heavy (non-hydrogen) atoms. The molecule has 1 aromatic carbocycles. The first-order valence-electron chi connectivity index (χ1n) is 6.55. The Morgan fingerprint density at radius 1 is 1.15 bits per heavy atom. The number of hydrogen-bond acceptors (Lipinski definition) is 3. The van der Waals surface area contributed by atoms with E-state index in [1.165, 1.54) is 5.56 Å². The van der Waals surface area contributed by atoms with Crippen LogP contribution in [-0.4, -0.2) is 28.6 Å². The van der Waals surface area contributed by atoms with Gasteiger partial charge in [0.25, 0.3) is 0 Å². The van der Waals surface area contributed by atoms with E-state index < -0.39 is 0 Å². The lowest BCUT2D eigenvalue weighted by Crippen LogP contribution is -2.17. The second kappa shape index (κ2) is 7.44. The maximum absolute atomic E-state index is 8.72. The minimum Gasteiger partial charge on any atom is -0.384 e. The Bertz CT molecular complexity index is 599. The van der Waals surface area contributed by atoms with E-state index in [1.54, 1.807) is 0 Å². The summed E-state index contributed by atoms with van der Waals surface area (Å²) in [5.74, 6) is 5.59. The van der Waals surface area contributed by atoms with Crippen LogP contribution in [0.2, 0.25) is 0 Å². The van der Waals surface area contributed by atoms with E-state index >= 15 is 0 Å². The normalized spacial score (nSPS) is 10.2. The van der Waals surface area contributed by atoms with Crippen molar-refractivity contribution < 1.29 is 5.11 Å². The molecule has 2 rings (SSSR count). The molecule has 1 N–H and O–H groups in total. The SMILES string of the molecule is CN(Cc1cccc(C#CCO)c1)Cc1ccccn1. The molecule has 3 nitrogen and oxygen atoms in total. The van der Waals surface area contributed by atoms with Gasteiger partial charge in [-0.1, -0.05) is 30.0 Å². The summed E-state index contributed by atoms with van der Waals surface area (Å²) in [7, 11) is 2.07. The van der Waals surface area contributed by atoms with E-state index in [-0.39, 0.29) is 6.61 Å². The first-order chi connectivity index (χ1) is 9.78. The van der Waals surface area contributed by atoms with Gasteiger partial charge in [0.15, 0.2) is 0 Å². The summed E-state index contributed by atoms with van der Waals surface area (Å²) in [6.45, 7) is 1.54. The molecule has 3 heteroatoms. The number of benzene rings is 1. The zero-order valence-electron chi connectivity index (χ0n) is 11.6. The Balaban J connectivity index is 1.99. The van der Waals surface area contributed by atoms with Crippen molar-refractivity contribution >= 4 is 0 Å². The molecule has 0 saturated carbocycles. The number of aliphatic hydroxyl groups is 1. The molecular formula is C17H18N2O. The predicted octanol–water partition coefficient (Wildman–Crippen LogP) is 2.06. The maximum Gasteiger partial charge on any atom is 0.104 e. The van der Waals surface area contributed by atoms with Crippen molar-refractivity contribution in [3.8, 4) is 11.8 Å². The highest BCUT2D eigenvalue weighted by Crippen LogP contribution is 2.08. The van der Waals surface area contributed by atoms with Gasteiger partial charge in [-0.15, -0.1) is 0 Å². The van der Waals surface area contributed by atoms with Crippen LogP contribution in [-0.2, 0) is 13.1 Å². The van der Waals surface area contributed by atoms with Crippen LogP contribution in [0, 0.1) is 11.8 Å². The van der Waals surface area contributed by atoms with Crippen molar-refractivity contribution in [3.05, 3.63) is 65.5 Å². The highest BCUT2D eigenvalue weighted by Gasteiger charge is 2.02. The van der Waals surface area contributed by atoms with Gasteiger partial charge in [-0.3, -0.25) is 9.88 Å². The summed E-state index contributed by atoms with van der Waals surface area (Å²) < 4.78 is 0. The molecule has 0 aliphatic carbocycles. The van der Waals surface area contributed by atoms with Crippen molar-refractivity contribution in [3.63, 3.8) is 0 Å². The fourth-order valence-electron chi connectivity index (χ4n) is 2.02. The standard InChI is InChI=1S/C17H18N2O/c1-19(14-17-9-2-3-10-18-17)13-16-7-4-6-15(12-16)8-5-11-20/h2-4,6-7,9-10,12,20H,11,13-14H2,1H3. The summed E-state index contributed by atoms with van der Waals surface area (Å²) in [6, 6.07) is 14.0. The van der Waals surface area contributed by atoms with E-state index in [0.29, 0.717) is 0 Å². The molecule has 0 fully saturated rings. The van der Waals surface area contributed by atoms with Gasteiger partial charge >= 0.3 is 0 Å². The Kier molecular flexibility index (Phi) is 5.31. The Hall–Kier alpha value is -2.15. The van der Waals surface area contributed by atoms with Crippen LogP contribution < -0.4 is 0 Å². The summed E-state index contributed by atoms with van der Waals surface area (Å²) in [5, 5.41) is 8.72. The molecule has 2 aromatic rings. The number of pyridine rings is 1. The second-order valence-electron chi connectivity index (χ2n) is 4.65. The number of hydrogen-bond donors (Lipinski definition) is 1. The quantitative estimate of drug-likeness (QED) is 0.861. The van der Waals surface area contributed by atoms with Gasteiger partial charge in [-0.25, -0.2) is 0 Å². The summed E-state index contributed by atoms with van der Waals surface area (Å²) in [4.78, 5) is 6.54. The molecule has 1 aromatic heterocycles. The lowest BCUT2D eigenvalue weighted by molar-refractivity contribution is 0.315. The van der Waals surface area contributed by atoms with E-state index in [0.717, 1.165) is 24.3 Å². The first-order valence-corrected chi connectivity index (χ1v) is 6.55. The Morgan fingerprint density at radius 3 is 2.80 bits per heavy atom.